The predicted octanol–water partition coefficient (Wildman–Crippen LogP) is 1.81. The smallest absolute Gasteiger partial charge is 0.230 e. The van der Waals surface area contributed by atoms with E-state index in [1.54, 1.807) is 11.3 Å². The minimum Gasteiger partial charge on any atom is -0.381 e. The highest BCUT2D eigenvalue weighted by Gasteiger charge is 2.42. The molecule has 2 aliphatic heterocycles. The highest BCUT2D eigenvalue weighted by molar-refractivity contribution is 7.10. The summed E-state index contributed by atoms with van der Waals surface area (Å²) in [6.07, 6.45) is 2.50. The van der Waals surface area contributed by atoms with Gasteiger partial charge in [0.2, 0.25) is 5.91 Å². The summed E-state index contributed by atoms with van der Waals surface area (Å²) in [5, 5.41) is 2.12. The molecule has 0 saturated carbocycles. The lowest BCUT2D eigenvalue weighted by Gasteiger charge is -2.40. The Labute approximate surface area is 129 Å². The van der Waals surface area contributed by atoms with E-state index in [0.29, 0.717) is 19.8 Å². The second-order valence-corrected chi connectivity index (χ2v) is 6.44. The molecule has 112 valence electrons. The minimum atomic E-state index is -0.383. The van der Waals surface area contributed by atoms with E-state index in [1.807, 2.05) is 4.90 Å². The molecule has 1 amide bonds. The molecule has 1 aromatic rings. The number of thiophene rings is 1. The summed E-state index contributed by atoms with van der Waals surface area (Å²) >= 11 is 1.80. The van der Waals surface area contributed by atoms with Crippen LogP contribution in [0.2, 0.25) is 0 Å². The summed E-state index contributed by atoms with van der Waals surface area (Å²) in [4.78, 5) is 16.3. The van der Waals surface area contributed by atoms with Crippen LogP contribution in [0.15, 0.2) is 11.4 Å². The number of amides is 1. The first-order chi connectivity index (χ1) is 9.25. The lowest BCUT2D eigenvalue weighted by Crippen LogP contribution is -2.51. The molecule has 0 aromatic carbocycles. The Morgan fingerprint density at radius 2 is 2.20 bits per heavy atom. The molecule has 0 aliphatic carbocycles. The van der Waals surface area contributed by atoms with Crippen LogP contribution < -0.4 is 5.73 Å². The molecule has 0 spiro atoms. The number of hydrogen-bond donors (Lipinski definition) is 1. The summed E-state index contributed by atoms with van der Waals surface area (Å²) in [5.74, 6) is 0.232. The zero-order valence-electron chi connectivity index (χ0n) is 11.5. The predicted molar refractivity (Wildman–Crippen MR) is 82.2 cm³/mol. The van der Waals surface area contributed by atoms with Crippen LogP contribution in [0.3, 0.4) is 0 Å². The molecule has 2 N–H and O–H groups in total. The van der Waals surface area contributed by atoms with Crippen molar-refractivity contribution in [2.75, 3.05) is 26.3 Å². The van der Waals surface area contributed by atoms with Gasteiger partial charge >= 0.3 is 0 Å². The van der Waals surface area contributed by atoms with Crippen LogP contribution in [0.5, 0.6) is 0 Å². The van der Waals surface area contributed by atoms with Gasteiger partial charge in [0, 0.05) is 37.7 Å². The standard InChI is InChI=1S/C14H20N2O2S.ClH/c15-10-14(3-6-18-7-4-14)13(17)16-5-1-12-11(9-16)2-8-19-12;/h2,8H,1,3-7,9-10,15H2;1H. The maximum Gasteiger partial charge on any atom is 0.230 e. The second-order valence-electron chi connectivity index (χ2n) is 5.44. The van der Waals surface area contributed by atoms with E-state index in [0.717, 1.165) is 32.4 Å². The first-order valence-corrected chi connectivity index (χ1v) is 7.76. The summed E-state index contributed by atoms with van der Waals surface area (Å²) in [7, 11) is 0. The van der Waals surface area contributed by atoms with Gasteiger partial charge < -0.3 is 15.4 Å². The van der Waals surface area contributed by atoms with Gasteiger partial charge in [-0.15, -0.1) is 23.7 Å². The van der Waals surface area contributed by atoms with Gasteiger partial charge in [0.25, 0.3) is 0 Å². The highest BCUT2D eigenvalue weighted by atomic mass is 35.5. The van der Waals surface area contributed by atoms with Crippen molar-refractivity contribution in [3.8, 4) is 0 Å². The number of halogens is 1. The fourth-order valence-corrected chi connectivity index (χ4v) is 3.91. The minimum absolute atomic E-state index is 0. The average molecular weight is 317 g/mol. The van der Waals surface area contributed by atoms with Crippen molar-refractivity contribution in [3.05, 3.63) is 21.9 Å². The Hall–Kier alpha value is -0.620. The molecule has 0 radical (unpaired) electrons. The number of nitrogens with zero attached hydrogens (tertiary/aromatic N) is 1. The van der Waals surface area contributed by atoms with Crippen LogP contribution in [-0.2, 0) is 22.5 Å². The summed E-state index contributed by atoms with van der Waals surface area (Å²) in [6, 6.07) is 2.14. The fourth-order valence-electron chi connectivity index (χ4n) is 3.02. The molecule has 4 nitrogen and oxygen atoms in total. The lowest BCUT2D eigenvalue weighted by atomic mass is 9.78. The lowest BCUT2D eigenvalue weighted by molar-refractivity contribution is -0.148. The Morgan fingerprint density at radius 3 is 2.90 bits per heavy atom. The quantitative estimate of drug-likeness (QED) is 0.905. The van der Waals surface area contributed by atoms with Crippen LogP contribution in [0, 0.1) is 5.41 Å². The second kappa shape index (κ2) is 6.43. The van der Waals surface area contributed by atoms with E-state index in [4.69, 9.17) is 10.5 Å². The van der Waals surface area contributed by atoms with Crippen molar-refractivity contribution in [1.82, 2.24) is 4.90 Å². The third-order valence-corrected chi connectivity index (χ3v) is 5.41. The molecule has 2 aliphatic rings. The monoisotopic (exact) mass is 316 g/mol. The largest absolute Gasteiger partial charge is 0.381 e. The molecule has 1 aromatic heterocycles. The Morgan fingerprint density at radius 1 is 1.45 bits per heavy atom. The van der Waals surface area contributed by atoms with E-state index in [9.17, 15) is 4.79 Å². The number of hydrogen-bond acceptors (Lipinski definition) is 4. The van der Waals surface area contributed by atoms with Gasteiger partial charge in [0.15, 0.2) is 0 Å². The summed E-state index contributed by atoms with van der Waals surface area (Å²) in [6.45, 7) is 3.32. The molecule has 1 saturated heterocycles. The van der Waals surface area contributed by atoms with Gasteiger partial charge in [0.1, 0.15) is 0 Å². The van der Waals surface area contributed by atoms with Crippen molar-refractivity contribution < 1.29 is 9.53 Å². The molecule has 3 rings (SSSR count). The molecular weight excluding hydrogens is 296 g/mol. The van der Waals surface area contributed by atoms with E-state index in [-0.39, 0.29) is 23.7 Å². The van der Waals surface area contributed by atoms with Crippen molar-refractivity contribution in [2.45, 2.75) is 25.8 Å². The van der Waals surface area contributed by atoms with Crippen LogP contribution in [0.4, 0.5) is 0 Å². The molecule has 0 bridgehead atoms. The van der Waals surface area contributed by atoms with E-state index in [1.165, 1.54) is 10.4 Å². The first kappa shape index (κ1) is 15.8. The number of carbonyl (C=O) groups excluding carboxylic acids is 1. The Kier molecular flexibility index (Phi) is 5.07. The van der Waals surface area contributed by atoms with E-state index < -0.39 is 0 Å². The molecule has 20 heavy (non-hydrogen) atoms. The number of carbonyl (C=O) groups is 1. The fraction of sp³-hybridized carbons (Fsp3) is 0.643. The third-order valence-electron chi connectivity index (χ3n) is 4.39. The number of nitrogens with two attached hydrogens (primary N) is 1. The number of rotatable bonds is 2. The van der Waals surface area contributed by atoms with Crippen LogP contribution in [0.1, 0.15) is 23.3 Å². The molecule has 1 fully saturated rings. The third kappa shape index (κ3) is 2.72. The maximum absolute atomic E-state index is 12.8. The Bertz CT molecular complexity index is 471. The average Bonchev–Trinajstić information content (AvgIpc) is 2.94. The highest BCUT2D eigenvalue weighted by Crippen LogP contribution is 2.34. The van der Waals surface area contributed by atoms with Gasteiger partial charge in [0.05, 0.1) is 5.41 Å². The van der Waals surface area contributed by atoms with Gasteiger partial charge in [-0.25, -0.2) is 0 Å². The zero-order chi connectivity index (χ0) is 13.3. The van der Waals surface area contributed by atoms with Gasteiger partial charge in [-0.05, 0) is 36.3 Å². The summed E-state index contributed by atoms with van der Waals surface area (Å²) in [5.41, 5.74) is 6.85. The van der Waals surface area contributed by atoms with Crippen molar-refractivity contribution in [1.29, 1.82) is 0 Å². The molecule has 3 heterocycles. The SMILES string of the molecule is Cl.NCC1(C(=O)N2CCc3sccc3C2)CCOCC1. The van der Waals surface area contributed by atoms with Crippen LogP contribution >= 0.6 is 23.7 Å². The van der Waals surface area contributed by atoms with Crippen LogP contribution in [-0.4, -0.2) is 37.1 Å². The molecule has 0 atom stereocenters. The van der Waals surface area contributed by atoms with Crippen molar-refractivity contribution >= 4 is 29.7 Å². The van der Waals surface area contributed by atoms with Crippen molar-refractivity contribution in [3.63, 3.8) is 0 Å². The molecule has 6 heteroatoms. The normalized spacial score (nSPS) is 20.9. The summed E-state index contributed by atoms with van der Waals surface area (Å²) < 4.78 is 5.38. The van der Waals surface area contributed by atoms with Crippen LogP contribution in [0.25, 0.3) is 0 Å². The van der Waals surface area contributed by atoms with Gasteiger partial charge in [-0.1, -0.05) is 0 Å². The topological polar surface area (TPSA) is 55.6 Å². The molecular formula is C14H21ClN2O2S. The Balaban J connectivity index is 0.00000147. The van der Waals surface area contributed by atoms with E-state index >= 15 is 0 Å². The van der Waals surface area contributed by atoms with Gasteiger partial charge in [-0.2, -0.15) is 0 Å². The maximum atomic E-state index is 12.8. The van der Waals surface area contributed by atoms with E-state index in [2.05, 4.69) is 11.4 Å². The van der Waals surface area contributed by atoms with Crippen molar-refractivity contribution in [2.24, 2.45) is 11.1 Å². The zero-order valence-corrected chi connectivity index (χ0v) is 13.1. The first-order valence-electron chi connectivity index (χ1n) is 6.88. The number of fused-ring (bicyclic) bond motifs is 1. The van der Waals surface area contributed by atoms with Gasteiger partial charge in [-0.3, -0.25) is 4.79 Å². The number of ether oxygens (including phenoxy) is 1. The molecule has 0 unspecified atom stereocenters.